The van der Waals surface area contributed by atoms with Crippen LogP contribution >= 0.6 is 0 Å². The van der Waals surface area contributed by atoms with Gasteiger partial charge in [-0.2, -0.15) is 0 Å². The molecule has 0 amide bonds. The molecule has 5 rings (SSSR count). The molecule has 5 nitrogen and oxygen atoms in total. The van der Waals surface area contributed by atoms with Crippen LogP contribution in [0.25, 0.3) is 0 Å². The third-order valence-electron chi connectivity index (χ3n) is 12.7. The van der Waals surface area contributed by atoms with Crippen molar-refractivity contribution in [2.24, 2.45) is 50.2 Å². The number of methoxy groups -OCH3 is 1. The molecule has 0 saturated heterocycles. The minimum Gasteiger partial charge on any atom is -0.469 e. The van der Waals surface area contributed by atoms with Crippen LogP contribution in [0.15, 0.2) is 23.6 Å². The zero-order chi connectivity index (χ0) is 28.3. The highest BCUT2D eigenvalue weighted by Crippen LogP contribution is 2.74. The maximum atomic E-state index is 14.4. The molecule has 208 valence electrons. The lowest BCUT2D eigenvalue weighted by atomic mass is 9.33. The minimum absolute atomic E-state index is 0.000201. The maximum absolute atomic E-state index is 14.4. The van der Waals surface area contributed by atoms with Gasteiger partial charge in [0.15, 0.2) is 17.3 Å². The van der Waals surface area contributed by atoms with Gasteiger partial charge in [0.05, 0.1) is 23.5 Å². The molecule has 0 unspecified atom stereocenters. The molecule has 0 aliphatic heterocycles. The van der Waals surface area contributed by atoms with Crippen molar-refractivity contribution in [3.63, 3.8) is 0 Å². The van der Waals surface area contributed by atoms with Crippen LogP contribution in [0.4, 0.5) is 4.39 Å². The number of ether oxygens (including phenoxy) is 1. The summed E-state index contributed by atoms with van der Waals surface area (Å²) in [7, 11) is 1.44. The van der Waals surface area contributed by atoms with E-state index in [2.05, 4.69) is 27.7 Å². The summed E-state index contributed by atoms with van der Waals surface area (Å²) in [6.07, 6.45) is 6.95. The number of fused-ring (bicyclic) bond motifs is 7. The fourth-order valence-electron chi connectivity index (χ4n) is 10.3. The van der Waals surface area contributed by atoms with Crippen molar-refractivity contribution in [1.29, 1.82) is 0 Å². The summed E-state index contributed by atoms with van der Waals surface area (Å²) in [5, 5.41) is 0. The average Bonchev–Trinajstić information content (AvgIpc) is 2.84. The second-order valence-electron chi connectivity index (χ2n) is 15.0. The van der Waals surface area contributed by atoms with Crippen LogP contribution in [0.1, 0.15) is 93.4 Å². The van der Waals surface area contributed by atoms with Crippen LogP contribution in [0, 0.1) is 50.2 Å². The van der Waals surface area contributed by atoms with Crippen molar-refractivity contribution in [2.75, 3.05) is 7.11 Å². The highest BCUT2D eigenvalue weighted by molar-refractivity contribution is 6.26. The molecule has 0 heterocycles. The lowest BCUT2D eigenvalue weighted by Gasteiger charge is -2.68. The van der Waals surface area contributed by atoms with Gasteiger partial charge in [-0.1, -0.05) is 41.5 Å². The van der Waals surface area contributed by atoms with Crippen LogP contribution in [0.2, 0.25) is 0 Å². The molecule has 0 aromatic heterocycles. The van der Waals surface area contributed by atoms with Crippen LogP contribution in [0.5, 0.6) is 0 Å². The summed E-state index contributed by atoms with van der Waals surface area (Å²) in [6.45, 7) is 14.2. The quantitative estimate of drug-likeness (QED) is 0.226. The van der Waals surface area contributed by atoms with E-state index in [0.29, 0.717) is 25.7 Å². The normalized spacial score (nSPS) is 46.3. The highest BCUT2D eigenvalue weighted by atomic mass is 19.1. The standard InChI is InChI=1S/C32H43FO5/c1-27(2)11-13-32(26(37)38-8)14-12-30(6)23(19(32)16-27)20(34)15-22-29(30,5)10-9-21-28(3,4)24(35)18(17-33)25(36)31(21,22)7/h15,17,19,21,23H,9-14,16H2,1-8H3/t19-,21-,23-,29+,30+,31-,32-/m0/s1. The van der Waals surface area contributed by atoms with Crippen LogP contribution in [-0.4, -0.2) is 30.4 Å². The van der Waals surface area contributed by atoms with E-state index in [4.69, 9.17) is 4.74 Å². The van der Waals surface area contributed by atoms with E-state index < -0.39 is 38.6 Å². The van der Waals surface area contributed by atoms with E-state index in [1.807, 2.05) is 20.8 Å². The monoisotopic (exact) mass is 526 g/mol. The second kappa shape index (κ2) is 7.97. The van der Waals surface area contributed by atoms with E-state index >= 15 is 0 Å². The van der Waals surface area contributed by atoms with E-state index in [-0.39, 0.29) is 46.8 Å². The fourth-order valence-corrected chi connectivity index (χ4v) is 10.3. The molecule has 0 radical (unpaired) electrons. The van der Waals surface area contributed by atoms with Crippen LogP contribution < -0.4 is 0 Å². The number of hydrogen-bond donors (Lipinski definition) is 0. The zero-order valence-corrected chi connectivity index (χ0v) is 24.3. The summed E-state index contributed by atoms with van der Waals surface area (Å²) in [6, 6.07) is 0. The van der Waals surface area contributed by atoms with Gasteiger partial charge < -0.3 is 4.74 Å². The second-order valence-corrected chi connectivity index (χ2v) is 15.0. The molecule has 5 aliphatic rings. The Balaban J connectivity index is 1.71. The molecule has 7 atom stereocenters. The molecule has 38 heavy (non-hydrogen) atoms. The third-order valence-corrected chi connectivity index (χ3v) is 12.7. The summed E-state index contributed by atoms with van der Waals surface area (Å²) in [5.41, 5.74) is -3.36. The molecule has 0 spiro atoms. The molecule has 6 heteroatoms. The van der Waals surface area contributed by atoms with Gasteiger partial charge in [-0.25, -0.2) is 4.39 Å². The Kier molecular flexibility index (Phi) is 5.76. The topological polar surface area (TPSA) is 77.5 Å². The maximum Gasteiger partial charge on any atom is 0.312 e. The summed E-state index contributed by atoms with van der Waals surface area (Å²) >= 11 is 0. The highest BCUT2D eigenvalue weighted by Gasteiger charge is 2.73. The summed E-state index contributed by atoms with van der Waals surface area (Å²) in [4.78, 5) is 54.8. The number of rotatable bonds is 1. The number of hydrogen-bond acceptors (Lipinski definition) is 5. The van der Waals surface area contributed by atoms with Crippen molar-refractivity contribution in [3.8, 4) is 0 Å². The Hall–Kier alpha value is -2.11. The predicted octanol–water partition coefficient (Wildman–Crippen LogP) is 6.35. The van der Waals surface area contributed by atoms with Gasteiger partial charge in [0.25, 0.3) is 0 Å². The lowest BCUT2D eigenvalue weighted by molar-refractivity contribution is -0.192. The molecule has 0 N–H and O–H groups in total. The Labute approximate surface area is 226 Å². The summed E-state index contributed by atoms with van der Waals surface area (Å²) < 4.78 is 19.4. The smallest absolute Gasteiger partial charge is 0.312 e. The van der Waals surface area contributed by atoms with Gasteiger partial charge in [0.2, 0.25) is 0 Å². The van der Waals surface area contributed by atoms with Crippen molar-refractivity contribution >= 4 is 23.3 Å². The van der Waals surface area contributed by atoms with E-state index in [0.717, 1.165) is 24.8 Å². The van der Waals surface area contributed by atoms with Gasteiger partial charge >= 0.3 is 5.97 Å². The van der Waals surface area contributed by atoms with E-state index in [1.165, 1.54) is 7.11 Å². The molecule has 4 fully saturated rings. The van der Waals surface area contributed by atoms with Gasteiger partial charge in [-0.15, -0.1) is 0 Å². The first kappa shape index (κ1) is 27.5. The Morgan fingerprint density at radius 2 is 1.58 bits per heavy atom. The largest absolute Gasteiger partial charge is 0.469 e. The van der Waals surface area contributed by atoms with Gasteiger partial charge in [-0.3, -0.25) is 19.2 Å². The fraction of sp³-hybridized carbons (Fsp3) is 0.750. The van der Waals surface area contributed by atoms with E-state index in [9.17, 15) is 23.6 Å². The SMILES string of the molecule is COC(=O)[C@]12CCC(C)(C)C[C@H]1[C@H]1C(=O)C=C3[C@@]4(C)C(=O)C(=CF)C(=O)C(C)(C)[C@@H]4CC[C@@]3(C)[C@]1(C)CC2. The number of carbonyl (C=O) groups is 4. The predicted molar refractivity (Wildman–Crippen MR) is 141 cm³/mol. The number of ketones is 3. The molecule has 0 aromatic rings. The van der Waals surface area contributed by atoms with Crippen molar-refractivity contribution in [2.45, 2.75) is 93.4 Å². The molecule has 5 aliphatic carbocycles. The number of allylic oxidation sites excluding steroid dienone is 3. The van der Waals surface area contributed by atoms with Crippen LogP contribution in [0.3, 0.4) is 0 Å². The number of halogens is 1. The zero-order valence-electron chi connectivity index (χ0n) is 24.3. The Morgan fingerprint density at radius 3 is 2.18 bits per heavy atom. The van der Waals surface area contributed by atoms with Gasteiger partial charge in [0.1, 0.15) is 6.33 Å². The van der Waals surface area contributed by atoms with E-state index in [1.54, 1.807) is 6.08 Å². The first-order chi connectivity index (χ1) is 17.5. The average molecular weight is 527 g/mol. The minimum atomic E-state index is -1.14. The number of Topliss-reactive ketones (excluding diaryl/α,β-unsaturated/α-hetero) is 2. The van der Waals surface area contributed by atoms with Crippen molar-refractivity contribution in [1.82, 2.24) is 0 Å². The van der Waals surface area contributed by atoms with Gasteiger partial charge in [0, 0.05) is 11.3 Å². The number of esters is 1. The third kappa shape index (κ3) is 3.04. The first-order valence-electron chi connectivity index (χ1n) is 14.2. The van der Waals surface area contributed by atoms with Gasteiger partial charge in [-0.05, 0) is 91.6 Å². The molecule has 0 bridgehead atoms. The van der Waals surface area contributed by atoms with Crippen molar-refractivity contribution < 1.29 is 28.3 Å². The lowest BCUT2D eigenvalue weighted by Crippen LogP contribution is -2.67. The first-order valence-corrected chi connectivity index (χ1v) is 14.2. The molecular formula is C32H43FO5. The Bertz CT molecular complexity index is 1210. The molecule has 4 saturated carbocycles. The Morgan fingerprint density at radius 1 is 0.947 bits per heavy atom. The van der Waals surface area contributed by atoms with Crippen LogP contribution in [-0.2, 0) is 23.9 Å². The number of carbonyl (C=O) groups excluding carboxylic acids is 4. The van der Waals surface area contributed by atoms with Crippen molar-refractivity contribution in [3.05, 3.63) is 23.6 Å². The molecule has 0 aromatic carbocycles. The molecular weight excluding hydrogens is 483 g/mol. The summed E-state index contributed by atoms with van der Waals surface area (Å²) in [5.74, 6) is -2.03.